The van der Waals surface area contributed by atoms with E-state index in [4.69, 9.17) is 9.16 Å². The Labute approximate surface area is 170 Å². The minimum atomic E-state index is -2.57. The predicted octanol–water partition coefficient (Wildman–Crippen LogP) is 3.33. The zero-order valence-electron chi connectivity index (χ0n) is 17.4. The van der Waals surface area contributed by atoms with Gasteiger partial charge in [-0.15, -0.1) is 0 Å². The van der Waals surface area contributed by atoms with Gasteiger partial charge in [0, 0.05) is 13.1 Å². The van der Waals surface area contributed by atoms with Gasteiger partial charge in [-0.2, -0.15) is 0 Å². The standard InChI is InChI=1S/C24H33NO2Si/c1-23(2,3)28(21-10-6-4-7-11-21,22-12-8-5-9-13-22)27-24(20-14-15-20)18-25-16-17-26-19-24/h4-13,20,25H,14-19H2,1-3H3/t24-/m1/s1. The summed E-state index contributed by atoms with van der Waals surface area (Å²) in [6, 6.07) is 21.9. The Morgan fingerprint density at radius 2 is 1.54 bits per heavy atom. The Morgan fingerprint density at radius 3 is 2.04 bits per heavy atom. The normalized spacial score (nSPS) is 24.0. The zero-order chi connectivity index (χ0) is 19.7. The van der Waals surface area contributed by atoms with E-state index in [-0.39, 0.29) is 10.6 Å². The second-order valence-electron chi connectivity index (χ2n) is 9.33. The van der Waals surface area contributed by atoms with Gasteiger partial charge in [-0.1, -0.05) is 81.4 Å². The lowest BCUT2D eigenvalue weighted by Crippen LogP contribution is -2.71. The van der Waals surface area contributed by atoms with Crippen molar-refractivity contribution in [3.8, 4) is 0 Å². The van der Waals surface area contributed by atoms with Crippen molar-refractivity contribution in [1.82, 2.24) is 5.32 Å². The summed E-state index contributed by atoms with van der Waals surface area (Å²) in [4.78, 5) is 0. The minimum absolute atomic E-state index is 0.0100. The summed E-state index contributed by atoms with van der Waals surface area (Å²) in [5.41, 5.74) is -0.248. The van der Waals surface area contributed by atoms with Gasteiger partial charge in [0.15, 0.2) is 0 Å². The third kappa shape index (κ3) is 3.59. The molecule has 4 heteroatoms. The molecule has 1 saturated carbocycles. The van der Waals surface area contributed by atoms with Crippen molar-refractivity contribution >= 4 is 18.7 Å². The lowest BCUT2D eigenvalue weighted by atomic mass is 9.99. The third-order valence-electron chi connectivity index (χ3n) is 6.29. The molecule has 4 rings (SSSR count). The van der Waals surface area contributed by atoms with Crippen molar-refractivity contribution < 1.29 is 9.16 Å². The van der Waals surface area contributed by atoms with Gasteiger partial charge in [-0.3, -0.25) is 0 Å². The van der Waals surface area contributed by atoms with Crippen LogP contribution in [0.3, 0.4) is 0 Å². The molecule has 1 aliphatic carbocycles. The molecule has 150 valence electrons. The monoisotopic (exact) mass is 395 g/mol. The van der Waals surface area contributed by atoms with Crippen LogP contribution in [-0.2, 0) is 9.16 Å². The Hall–Kier alpha value is -1.46. The molecule has 0 spiro atoms. The predicted molar refractivity (Wildman–Crippen MR) is 118 cm³/mol. The molecule has 1 heterocycles. The lowest BCUT2D eigenvalue weighted by Gasteiger charge is -2.49. The van der Waals surface area contributed by atoms with E-state index in [1.807, 2.05) is 0 Å². The van der Waals surface area contributed by atoms with Gasteiger partial charge in [-0.05, 0) is 34.2 Å². The van der Waals surface area contributed by atoms with Gasteiger partial charge >= 0.3 is 0 Å². The van der Waals surface area contributed by atoms with Crippen LogP contribution in [0.5, 0.6) is 0 Å². The van der Waals surface area contributed by atoms with Crippen molar-refractivity contribution in [1.29, 1.82) is 0 Å². The van der Waals surface area contributed by atoms with Crippen molar-refractivity contribution in [3.05, 3.63) is 60.7 Å². The summed E-state index contributed by atoms with van der Waals surface area (Å²) in [6.07, 6.45) is 2.48. The maximum Gasteiger partial charge on any atom is 0.262 e. The van der Waals surface area contributed by atoms with Gasteiger partial charge in [0.2, 0.25) is 0 Å². The van der Waals surface area contributed by atoms with Gasteiger partial charge in [-0.25, -0.2) is 0 Å². The maximum absolute atomic E-state index is 7.56. The van der Waals surface area contributed by atoms with Crippen LogP contribution in [0.1, 0.15) is 33.6 Å². The molecule has 0 radical (unpaired) electrons. The van der Waals surface area contributed by atoms with Gasteiger partial charge < -0.3 is 14.5 Å². The summed E-state index contributed by atoms with van der Waals surface area (Å²) >= 11 is 0. The van der Waals surface area contributed by atoms with Crippen molar-refractivity contribution in [2.24, 2.45) is 5.92 Å². The van der Waals surface area contributed by atoms with E-state index in [0.717, 1.165) is 19.7 Å². The van der Waals surface area contributed by atoms with Crippen molar-refractivity contribution in [2.45, 2.75) is 44.3 Å². The average Bonchev–Trinajstić information content (AvgIpc) is 3.54. The molecule has 28 heavy (non-hydrogen) atoms. The topological polar surface area (TPSA) is 30.5 Å². The molecule has 0 bridgehead atoms. The average molecular weight is 396 g/mol. The molecule has 0 aromatic heterocycles. The summed E-state index contributed by atoms with van der Waals surface area (Å²) in [7, 11) is -2.57. The third-order valence-corrected chi connectivity index (χ3v) is 11.4. The number of hydrogen-bond donors (Lipinski definition) is 1. The molecule has 0 unspecified atom stereocenters. The lowest BCUT2D eigenvalue weighted by molar-refractivity contribution is -0.0304. The Balaban J connectivity index is 1.89. The summed E-state index contributed by atoms with van der Waals surface area (Å²) in [6.45, 7) is 10.3. The van der Waals surface area contributed by atoms with Gasteiger partial charge in [0.05, 0.1) is 18.8 Å². The highest BCUT2D eigenvalue weighted by atomic mass is 28.4. The fourth-order valence-corrected chi connectivity index (χ4v) is 9.55. The molecule has 2 fully saturated rings. The van der Waals surface area contributed by atoms with Gasteiger partial charge in [0.25, 0.3) is 8.32 Å². The summed E-state index contributed by atoms with van der Waals surface area (Å²) in [5, 5.41) is 6.29. The zero-order valence-corrected chi connectivity index (χ0v) is 18.4. The van der Waals surface area contributed by atoms with E-state index in [0.29, 0.717) is 12.5 Å². The largest absolute Gasteiger partial charge is 0.398 e. The highest BCUT2D eigenvalue weighted by molar-refractivity contribution is 6.99. The fraction of sp³-hybridized carbons (Fsp3) is 0.500. The molecular weight excluding hydrogens is 362 g/mol. The number of ether oxygens (including phenoxy) is 1. The Kier molecular flexibility index (Phi) is 5.49. The highest BCUT2D eigenvalue weighted by Crippen LogP contribution is 2.47. The number of benzene rings is 2. The first-order valence-electron chi connectivity index (χ1n) is 10.6. The van der Waals surface area contributed by atoms with E-state index >= 15 is 0 Å². The molecule has 1 aliphatic heterocycles. The second-order valence-corrected chi connectivity index (χ2v) is 13.6. The highest BCUT2D eigenvalue weighted by Gasteiger charge is 2.58. The van der Waals surface area contributed by atoms with Crippen LogP contribution in [0.25, 0.3) is 0 Å². The van der Waals surface area contributed by atoms with Crippen LogP contribution in [0.15, 0.2) is 60.7 Å². The molecule has 2 aromatic rings. The molecule has 1 atom stereocenters. The van der Waals surface area contributed by atoms with Crippen molar-refractivity contribution in [3.63, 3.8) is 0 Å². The van der Waals surface area contributed by atoms with E-state index in [9.17, 15) is 0 Å². The SMILES string of the molecule is CC(C)(C)[Si](O[C@]1(C2CC2)CNCCOC1)(c1ccccc1)c1ccccc1. The molecule has 1 N–H and O–H groups in total. The first kappa shape index (κ1) is 19.8. The molecule has 0 amide bonds. The van der Waals surface area contributed by atoms with Crippen LogP contribution < -0.4 is 15.7 Å². The molecule has 2 aliphatic rings. The van der Waals surface area contributed by atoms with E-state index in [2.05, 4.69) is 86.8 Å². The Morgan fingerprint density at radius 1 is 0.964 bits per heavy atom. The van der Waals surface area contributed by atoms with Crippen LogP contribution >= 0.6 is 0 Å². The van der Waals surface area contributed by atoms with Gasteiger partial charge in [0.1, 0.15) is 0 Å². The van der Waals surface area contributed by atoms with Crippen LogP contribution in [-0.4, -0.2) is 40.2 Å². The summed E-state index contributed by atoms with van der Waals surface area (Å²) in [5.74, 6) is 0.583. The van der Waals surface area contributed by atoms with E-state index in [1.54, 1.807) is 0 Å². The molecule has 2 aromatic carbocycles. The van der Waals surface area contributed by atoms with Crippen LogP contribution in [0, 0.1) is 5.92 Å². The van der Waals surface area contributed by atoms with Crippen LogP contribution in [0.4, 0.5) is 0 Å². The molecule has 3 nitrogen and oxygen atoms in total. The van der Waals surface area contributed by atoms with E-state index in [1.165, 1.54) is 23.2 Å². The first-order valence-corrected chi connectivity index (χ1v) is 12.5. The Bertz CT molecular complexity index is 721. The smallest absolute Gasteiger partial charge is 0.262 e. The summed E-state index contributed by atoms with van der Waals surface area (Å²) < 4.78 is 13.6. The minimum Gasteiger partial charge on any atom is -0.398 e. The number of hydrogen-bond acceptors (Lipinski definition) is 3. The quantitative estimate of drug-likeness (QED) is 0.788. The number of nitrogens with one attached hydrogen (secondary N) is 1. The number of rotatable bonds is 5. The van der Waals surface area contributed by atoms with E-state index < -0.39 is 8.32 Å². The van der Waals surface area contributed by atoms with Crippen molar-refractivity contribution in [2.75, 3.05) is 26.3 Å². The maximum atomic E-state index is 7.56. The second kappa shape index (κ2) is 7.75. The molecule has 1 saturated heterocycles. The molecular formula is C24H33NO2Si. The first-order chi connectivity index (χ1) is 13.5. The fourth-order valence-electron chi connectivity index (χ4n) is 4.72. The van der Waals surface area contributed by atoms with Crippen LogP contribution in [0.2, 0.25) is 5.04 Å².